The predicted octanol–water partition coefficient (Wildman–Crippen LogP) is 9.07. The topological polar surface area (TPSA) is 65.1 Å². The first-order valence-corrected chi connectivity index (χ1v) is 15.5. The van der Waals surface area contributed by atoms with Gasteiger partial charge < -0.3 is 14.2 Å². The highest BCUT2D eigenvalue weighted by Crippen LogP contribution is 2.33. The van der Waals surface area contributed by atoms with Crippen molar-refractivity contribution >= 4 is 12.1 Å². The highest BCUT2D eigenvalue weighted by atomic mass is 16.6. The lowest BCUT2D eigenvalue weighted by atomic mass is 10.0. The first-order chi connectivity index (χ1) is 18.5. The van der Waals surface area contributed by atoms with Gasteiger partial charge in [0, 0.05) is 0 Å². The molecule has 0 radical (unpaired) electrons. The summed E-state index contributed by atoms with van der Waals surface area (Å²) < 4.78 is 17.8. The second-order valence-corrected chi connectivity index (χ2v) is 12.5. The average molecular weight is 546 g/mol. The summed E-state index contributed by atoms with van der Waals surface area (Å²) in [5.74, 6) is -0.371. The molecular formula is C33H55NO5. The largest absolute Gasteiger partial charge is 0.456 e. The molecule has 1 unspecified atom stereocenters. The van der Waals surface area contributed by atoms with Crippen molar-refractivity contribution in [2.24, 2.45) is 0 Å². The first-order valence-electron chi connectivity index (χ1n) is 15.5. The smallest absolute Gasteiger partial charge is 0.413 e. The zero-order valence-corrected chi connectivity index (χ0v) is 25.6. The van der Waals surface area contributed by atoms with Crippen LogP contribution in [-0.4, -0.2) is 47.0 Å². The summed E-state index contributed by atoms with van der Waals surface area (Å²) in [6, 6.07) is 8.63. The van der Waals surface area contributed by atoms with Crippen LogP contribution < -0.4 is 0 Å². The van der Waals surface area contributed by atoms with Gasteiger partial charge in [-0.2, -0.15) is 0 Å². The molecule has 6 heteroatoms. The van der Waals surface area contributed by atoms with Crippen LogP contribution in [0.1, 0.15) is 142 Å². The lowest BCUT2D eigenvalue weighted by Crippen LogP contribution is -2.54. The van der Waals surface area contributed by atoms with E-state index in [0.717, 1.165) is 12.8 Å². The van der Waals surface area contributed by atoms with E-state index in [1.165, 1.54) is 70.6 Å². The Labute approximate surface area is 238 Å². The minimum Gasteiger partial charge on any atom is -0.456 e. The van der Waals surface area contributed by atoms with Crippen LogP contribution in [0.3, 0.4) is 0 Å². The number of unbranched alkanes of at least 4 members (excludes halogenated alkanes) is 12. The minimum atomic E-state index is -0.847. The van der Waals surface area contributed by atoms with E-state index in [0.29, 0.717) is 18.6 Å². The zero-order valence-electron chi connectivity index (χ0n) is 25.6. The van der Waals surface area contributed by atoms with Gasteiger partial charge >= 0.3 is 12.1 Å². The molecule has 0 aliphatic carbocycles. The number of rotatable bonds is 17. The molecular weight excluding hydrogens is 490 g/mol. The highest BCUT2D eigenvalue weighted by Gasteiger charge is 2.49. The fraction of sp³-hybridized carbons (Fsp3) is 0.758. The summed E-state index contributed by atoms with van der Waals surface area (Å²) in [7, 11) is 0. The molecule has 0 saturated carbocycles. The Balaban J connectivity index is 1.89. The molecule has 0 spiro atoms. The van der Waals surface area contributed by atoms with Crippen LogP contribution in [0, 0.1) is 0 Å². The zero-order chi connectivity index (χ0) is 28.7. The summed E-state index contributed by atoms with van der Waals surface area (Å²) in [4.78, 5) is 27.9. The van der Waals surface area contributed by atoms with Crippen LogP contribution in [0.2, 0.25) is 0 Å². The van der Waals surface area contributed by atoms with E-state index < -0.39 is 29.6 Å². The number of esters is 1. The number of hydrogen-bond acceptors (Lipinski definition) is 5. The van der Waals surface area contributed by atoms with Gasteiger partial charge in [0.25, 0.3) is 0 Å². The molecule has 1 fully saturated rings. The van der Waals surface area contributed by atoms with Crippen LogP contribution in [-0.2, 0) is 14.2 Å². The van der Waals surface area contributed by atoms with Gasteiger partial charge in [0.1, 0.15) is 17.4 Å². The monoisotopic (exact) mass is 545 g/mol. The molecule has 1 amide bonds. The van der Waals surface area contributed by atoms with Crippen molar-refractivity contribution in [3.8, 4) is 0 Å². The van der Waals surface area contributed by atoms with Crippen LogP contribution in [0.4, 0.5) is 4.79 Å². The van der Waals surface area contributed by atoms with E-state index in [4.69, 9.17) is 14.2 Å². The molecule has 6 nitrogen and oxygen atoms in total. The van der Waals surface area contributed by atoms with Crippen molar-refractivity contribution in [2.75, 3.05) is 6.61 Å². The van der Waals surface area contributed by atoms with Gasteiger partial charge in [0.15, 0.2) is 0 Å². The van der Waals surface area contributed by atoms with Crippen molar-refractivity contribution in [2.45, 2.75) is 155 Å². The molecule has 0 bridgehead atoms. The molecule has 1 aromatic carbocycles. The summed E-state index contributed by atoms with van der Waals surface area (Å²) in [6.07, 6.45) is 16.4. The Kier molecular flexibility index (Phi) is 14.3. The molecule has 0 aromatic heterocycles. The molecule has 1 aromatic rings. The number of carbonyl (C=O) groups is 2. The van der Waals surface area contributed by atoms with E-state index >= 15 is 0 Å². The van der Waals surface area contributed by atoms with Gasteiger partial charge in [-0.25, -0.2) is 9.59 Å². The van der Waals surface area contributed by atoms with E-state index in [9.17, 15) is 9.59 Å². The maximum absolute atomic E-state index is 13.2. The normalized spacial score (nSPS) is 17.7. The molecule has 39 heavy (non-hydrogen) atoms. The summed E-state index contributed by atoms with van der Waals surface area (Å²) >= 11 is 0. The Morgan fingerprint density at radius 3 is 1.92 bits per heavy atom. The molecule has 222 valence electrons. The van der Waals surface area contributed by atoms with Crippen LogP contribution in [0.15, 0.2) is 30.3 Å². The minimum absolute atomic E-state index is 0.303. The third-order valence-electron chi connectivity index (χ3n) is 7.40. The van der Waals surface area contributed by atoms with Crippen LogP contribution in [0.25, 0.3) is 0 Å². The standard InChI is InChI=1S/C33H55NO5/c1-7-8-9-10-11-12-13-14-15-16-17-18-22-25-29(38-30(35)27-23-20-19-21-24-27)28-26-37-33(5,6)34(28)31(36)39-32(2,3)4/h19-21,23-24,28-29H,7-18,22,25-26H2,1-6H3/t28-,29?/m0/s1. The van der Waals surface area contributed by atoms with Crippen molar-refractivity contribution in [1.29, 1.82) is 0 Å². The van der Waals surface area contributed by atoms with Gasteiger partial charge in [-0.1, -0.05) is 102 Å². The van der Waals surface area contributed by atoms with Gasteiger partial charge in [-0.05, 0) is 59.6 Å². The third-order valence-corrected chi connectivity index (χ3v) is 7.40. The number of amides is 1. The lowest BCUT2D eigenvalue weighted by molar-refractivity contribution is -0.0698. The molecule has 2 atom stereocenters. The SMILES string of the molecule is CCCCCCCCCCCCCCCC(OC(=O)c1ccccc1)[C@@H]1COC(C)(C)N1C(=O)OC(C)(C)C. The van der Waals surface area contributed by atoms with Crippen molar-refractivity contribution in [1.82, 2.24) is 4.90 Å². The first kappa shape index (κ1) is 33.1. The Bertz CT molecular complexity index is 832. The summed E-state index contributed by atoms with van der Waals surface area (Å²) in [5, 5.41) is 0. The van der Waals surface area contributed by atoms with Crippen LogP contribution >= 0.6 is 0 Å². The highest BCUT2D eigenvalue weighted by molar-refractivity contribution is 5.89. The maximum atomic E-state index is 13.2. The number of carbonyl (C=O) groups excluding carboxylic acids is 2. The van der Waals surface area contributed by atoms with Crippen LogP contribution in [0.5, 0.6) is 0 Å². The van der Waals surface area contributed by atoms with Gasteiger partial charge in [0.2, 0.25) is 0 Å². The second-order valence-electron chi connectivity index (χ2n) is 12.5. The Morgan fingerprint density at radius 2 is 1.41 bits per heavy atom. The quantitative estimate of drug-likeness (QED) is 0.144. The number of ether oxygens (including phenoxy) is 3. The fourth-order valence-corrected chi connectivity index (χ4v) is 5.25. The second kappa shape index (κ2) is 16.9. The number of hydrogen-bond donors (Lipinski definition) is 0. The molecule has 1 aliphatic rings. The van der Waals surface area contributed by atoms with E-state index in [2.05, 4.69) is 6.92 Å². The summed E-state index contributed by atoms with van der Waals surface area (Å²) in [5.41, 5.74) is -0.971. The van der Waals surface area contributed by atoms with E-state index in [1.807, 2.05) is 52.8 Å². The number of nitrogens with zero attached hydrogens (tertiary/aromatic N) is 1. The average Bonchev–Trinajstić information content (AvgIpc) is 3.20. The molecule has 0 N–H and O–H groups in total. The van der Waals surface area contributed by atoms with Gasteiger partial charge in [-0.15, -0.1) is 0 Å². The molecule has 1 saturated heterocycles. The third kappa shape index (κ3) is 12.3. The molecule has 1 aliphatic heterocycles. The maximum Gasteiger partial charge on any atom is 0.413 e. The van der Waals surface area contributed by atoms with Crippen molar-refractivity contribution in [3.05, 3.63) is 35.9 Å². The predicted molar refractivity (Wildman–Crippen MR) is 158 cm³/mol. The molecule has 1 heterocycles. The fourth-order valence-electron chi connectivity index (χ4n) is 5.25. The Hall–Kier alpha value is -2.08. The molecule has 2 rings (SSSR count). The van der Waals surface area contributed by atoms with Gasteiger partial charge in [0.05, 0.1) is 18.2 Å². The van der Waals surface area contributed by atoms with Crippen molar-refractivity contribution < 1.29 is 23.8 Å². The number of benzene rings is 1. The Morgan fingerprint density at radius 1 is 0.897 bits per heavy atom. The van der Waals surface area contributed by atoms with Crippen molar-refractivity contribution in [3.63, 3.8) is 0 Å². The lowest BCUT2D eigenvalue weighted by Gasteiger charge is -2.37. The summed E-state index contributed by atoms with van der Waals surface area (Å²) in [6.45, 7) is 11.8. The van der Waals surface area contributed by atoms with Gasteiger partial charge in [-0.3, -0.25) is 4.90 Å². The van der Waals surface area contributed by atoms with E-state index in [1.54, 1.807) is 17.0 Å². The van der Waals surface area contributed by atoms with E-state index in [-0.39, 0.29) is 5.97 Å².